The lowest BCUT2D eigenvalue weighted by atomic mass is 9.99. The predicted molar refractivity (Wildman–Crippen MR) is 65.6 cm³/mol. The van der Waals surface area contributed by atoms with Crippen molar-refractivity contribution in [3.05, 3.63) is 34.1 Å². The van der Waals surface area contributed by atoms with Gasteiger partial charge in [0.05, 0.1) is 6.61 Å². The van der Waals surface area contributed by atoms with Gasteiger partial charge >= 0.3 is 11.9 Å². The predicted octanol–water partition coefficient (Wildman–Crippen LogP) is 2.39. The molecule has 4 nitrogen and oxygen atoms in total. The van der Waals surface area contributed by atoms with E-state index < -0.39 is 23.7 Å². The van der Waals surface area contributed by atoms with Crippen LogP contribution < -0.4 is 0 Å². The zero-order valence-electron chi connectivity index (χ0n) is 9.65. The fourth-order valence-electron chi connectivity index (χ4n) is 1.43. The molecule has 0 aromatic heterocycles. The molecule has 1 atom stereocenters. The molecule has 0 saturated heterocycles. The molecule has 0 amide bonds. The minimum Gasteiger partial charge on any atom is -0.481 e. The van der Waals surface area contributed by atoms with E-state index >= 15 is 0 Å². The van der Waals surface area contributed by atoms with Crippen molar-refractivity contribution >= 4 is 27.9 Å². The minimum absolute atomic E-state index is 0.0869. The number of ether oxygens (including phenoxy) is 1. The van der Waals surface area contributed by atoms with Crippen LogP contribution in [0.25, 0.3) is 0 Å². The molecule has 0 saturated carbocycles. The fraction of sp³-hybridized carbons (Fsp3) is 0.333. The van der Waals surface area contributed by atoms with E-state index in [2.05, 4.69) is 20.7 Å². The number of carboxylic acid groups (broad SMARTS) is 1. The van der Waals surface area contributed by atoms with Gasteiger partial charge in [0.25, 0.3) is 0 Å². The van der Waals surface area contributed by atoms with E-state index in [9.17, 15) is 14.0 Å². The third kappa shape index (κ3) is 3.80. The second kappa shape index (κ2) is 6.49. The highest BCUT2D eigenvalue weighted by molar-refractivity contribution is 9.10. The molecule has 6 heteroatoms. The van der Waals surface area contributed by atoms with Gasteiger partial charge in [-0.1, -0.05) is 15.9 Å². The van der Waals surface area contributed by atoms with Gasteiger partial charge in [-0.05, 0) is 37.1 Å². The van der Waals surface area contributed by atoms with Crippen molar-refractivity contribution in [1.29, 1.82) is 0 Å². The first-order valence-electron chi connectivity index (χ1n) is 5.29. The van der Waals surface area contributed by atoms with E-state index in [1.54, 1.807) is 6.92 Å². The number of benzene rings is 1. The molecule has 18 heavy (non-hydrogen) atoms. The molecule has 0 aliphatic rings. The van der Waals surface area contributed by atoms with Crippen LogP contribution in [-0.2, 0) is 20.7 Å². The Morgan fingerprint density at radius 3 is 2.72 bits per heavy atom. The van der Waals surface area contributed by atoms with E-state index in [0.717, 1.165) is 0 Å². The SMILES string of the molecule is CCOC(=O)C(Cc1cc(Br)ccc1F)C(=O)O. The number of rotatable bonds is 5. The molecule has 1 aromatic rings. The molecule has 0 aliphatic heterocycles. The maximum Gasteiger partial charge on any atom is 0.320 e. The maximum absolute atomic E-state index is 13.5. The third-order valence-corrected chi connectivity index (χ3v) is 2.79. The molecule has 98 valence electrons. The Bertz CT molecular complexity index is 461. The van der Waals surface area contributed by atoms with Crippen LogP contribution >= 0.6 is 15.9 Å². The molecular formula is C12H12BrFO4. The highest BCUT2D eigenvalue weighted by atomic mass is 79.9. The van der Waals surface area contributed by atoms with Gasteiger partial charge in [0, 0.05) is 4.47 Å². The van der Waals surface area contributed by atoms with E-state index in [4.69, 9.17) is 5.11 Å². The van der Waals surface area contributed by atoms with Crippen LogP contribution in [0.4, 0.5) is 4.39 Å². The number of hydrogen-bond acceptors (Lipinski definition) is 3. The first kappa shape index (κ1) is 14.6. The number of carboxylic acids is 1. The normalized spacial score (nSPS) is 11.9. The second-order valence-electron chi connectivity index (χ2n) is 3.58. The van der Waals surface area contributed by atoms with Crippen molar-refractivity contribution in [2.75, 3.05) is 6.61 Å². The minimum atomic E-state index is -1.39. The third-order valence-electron chi connectivity index (χ3n) is 2.30. The Kier molecular flexibility index (Phi) is 5.27. The number of hydrogen-bond donors (Lipinski definition) is 1. The van der Waals surface area contributed by atoms with Crippen molar-refractivity contribution in [3.63, 3.8) is 0 Å². The molecule has 1 rings (SSSR count). The Labute approximate surface area is 112 Å². The van der Waals surface area contributed by atoms with Crippen LogP contribution in [0.5, 0.6) is 0 Å². The van der Waals surface area contributed by atoms with Crippen molar-refractivity contribution in [2.24, 2.45) is 5.92 Å². The lowest BCUT2D eigenvalue weighted by Crippen LogP contribution is -2.28. The average molecular weight is 319 g/mol. The smallest absolute Gasteiger partial charge is 0.320 e. The van der Waals surface area contributed by atoms with Gasteiger partial charge in [-0.3, -0.25) is 9.59 Å². The topological polar surface area (TPSA) is 63.6 Å². The lowest BCUT2D eigenvalue weighted by Gasteiger charge is -2.12. The average Bonchev–Trinajstić information content (AvgIpc) is 2.30. The summed E-state index contributed by atoms with van der Waals surface area (Å²) >= 11 is 3.16. The highest BCUT2D eigenvalue weighted by Crippen LogP contribution is 2.19. The molecule has 1 N–H and O–H groups in total. The van der Waals surface area contributed by atoms with Crippen molar-refractivity contribution < 1.29 is 23.8 Å². The molecule has 0 bridgehead atoms. The van der Waals surface area contributed by atoms with Crippen LogP contribution in [0.1, 0.15) is 12.5 Å². The largest absolute Gasteiger partial charge is 0.481 e. The molecule has 0 heterocycles. The van der Waals surface area contributed by atoms with Crippen LogP contribution in [-0.4, -0.2) is 23.7 Å². The maximum atomic E-state index is 13.5. The van der Waals surface area contributed by atoms with Crippen LogP contribution in [0, 0.1) is 11.7 Å². The van der Waals surface area contributed by atoms with Gasteiger partial charge in [-0.25, -0.2) is 4.39 Å². The van der Waals surface area contributed by atoms with Crippen LogP contribution in [0.3, 0.4) is 0 Å². The highest BCUT2D eigenvalue weighted by Gasteiger charge is 2.28. The number of carbonyl (C=O) groups is 2. The Morgan fingerprint density at radius 2 is 2.17 bits per heavy atom. The number of halogens is 2. The van der Waals surface area contributed by atoms with Crippen LogP contribution in [0.2, 0.25) is 0 Å². The van der Waals surface area contributed by atoms with E-state index in [-0.39, 0.29) is 18.6 Å². The number of carbonyl (C=O) groups excluding carboxylic acids is 1. The van der Waals surface area contributed by atoms with Crippen LogP contribution in [0.15, 0.2) is 22.7 Å². The molecular weight excluding hydrogens is 307 g/mol. The summed E-state index contributed by atoms with van der Waals surface area (Å²) in [6, 6.07) is 4.16. The lowest BCUT2D eigenvalue weighted by molar-refractivity contribution is -0.158. The Hall–Kier alpha value is -1.43. The van der Waals surface area contributed by atoms with Gasteiger partial charge in [0.2, 0.25) is 0 Å². The quantitative estimate of drug-likeness (QED) is 0.669. The zero-order chi connectivity index (χ0) is 13.7. The zero-order valence-corrected chi connectivity index (χ0v) is 11.2. The first-order chi connectivity index (χ1) is 8.45. The first-order valence-corrected chi connectivity index (χ1v) is 6.08. The molecule has 0 fully saturated rings. The van der Waals surface area contributed by atoms with Gasteiger partial charge in [0.1, 0.15) is 5.82 Å². The summed E-state index contributed by atoms with van der Waals surface area (Å²) in [5, 5.41) is 8.96. The van der Waals surface area contributed by atoms with E-state index in [1.165, 1.54) is 18.2 Å². The summed E-state index contributed by atoms with van der Waals surface area (Å²) < 4.78 is 18.7. The van der Waals surface area contributed by atoms with E-state index in [0.29, 0.717) is 4.47 Å². The summed E-state index contributed by atoms with van der Waals surface area (Å²) in [4.78, 5) is 22.4. The second-order valence-corrected chi connectivity index (χ2v) is 4.50. The molecule has 1 aromatic carbocycles. The Balaban J connectivity index is 2.93. The number of aliphatic carboxylic acids is 1. The molecule has 0 radical (unpaired) electrons. The summed E-state index contributed by atoms with van der Waals surface area (Å²) in [6.45, 7) is 1.67. The standard InChI is InChI=1S/C12H12BrFO4/c1-2-18-12(17)9(11(15)16)6-7-5-8(13)3-4-10(7)14/h3-5,9H,2,6H2,1H3,(H,15,16). The Morgan fingerprint density at radius 1 is 1.50 bits per heavy atom. The van der Waals surface area contributed by atoms with Gasteiger partial charge in [-0.15, -0.1) is 0 Å². The fourth-order valence-corrected chi connectivity index (χ4v) is 1.84. The summed E-state index contributed by atoms with van der Waals surface area (Å²) in [5.41, 5.74) is 0.157. The summed E-state index contributed by atoms with van der Waals surface area (Å²) in [7, 11) is 0. The van der Waals surface area contributed by atoms with Gasteiger partial charge in [-0.2, -0.15) is 0 Å². The molecule has 0 spiro atoms. The monoisotopic (exact) mass is 318 g/mol. The molecule has 0 aliphatic carbocycles. The number of esters is 1. The van der Waals surface area contributed by atoms with Crippen molar-refractivity contribution in [3.8, 4) is 0 Å². The summed E-state index contributed by atoms with van der Waals surface area (Å²) in [5.74, 6) is -4.13. The summed E-state index contributed by atoms with van der Waals surface area (Å²) in [6.07, 6.45) is -0.237. The van der Waals surface area contributed by atoms with Crippen molar-refractivity contribution in [2.45, 2.75) is 13.3 Å². The van der Waals surface area contributed by atoms with Gasteiger partial charge in [0.15, 0.2) is 5.92 Å². The molecule has 1 unspecified atom stereocenters. The van der Waals surface area contributed by atoms with E-state index in [1.807, 2.05) is 0 Å². The van der Waals surface area contributed by atoms with Crippen molar-refractivity contribution in [1.82, 2.24) is 0 Å². The van der Waals surface area contributed by atoms with Gasteiger partial charge < -0.3 is 9.84 Å².